The minimum absolute atomic E-state index is 0.0802. The number of nitrogens with two attached hydrogens (primary N) is 1. The number of fused-ring (bicyclic) bond motifs is 1. The summed E-state index contributed by atoms with van der Waals surface area (Å²) >= 11 is 9.14. The SMILES string of the molecule is Nc1nc2cc(Br)cc(Cl)c2c(=O)[nH]1. The zero-order chi connectivity index (χ0) is 10.3. The van der Waals surface area contributed by atoms with Crippen molar-refractivity contribution in [3.63, 3.8) is 0 Å². The predicted molar refractivity (Wildman–Crippen MR) is 59.5 cm³/mol. The molecular formula is C8H5BrClN3O. The largest absolute Gasteiger partial charge is 0.369 e. The minimum atomic E-state index is -0.329. The van der Waals surface area contributed by atoms with Crippen LogP contribution in [0.25, 0.3) is 10.9 Å². The summed E-state index contributed by atoms with van der Waals surface area (Å²) < 4.78 is 0.757. The molecule has 72 valence electrons. The van der Waals surface area contributed by atoms with Crippen LogP contribution in [0.1, 0.15) is 0 Å². The summed E-state index contributed by atoms with van der Waals surface area (Å²) in [7, 11) is 0. The maximum Gasteiger partial charge on any atom is 0.261 e. The van der Waals surface area contributed by atoms with Crippen LogP contribution in [0.3, 0.4) is 0 Å². The first-order chi connectivity index (χ1) is 6.58. The molecule has 14 heavy (non-hydrogen) atoms. The molecule has 2 rings (SSSR count). The Bertz CT molecular complexity index is 561. The number of halogens is 2. The van der Waals surface area contributed by atoms with Crippen molar-refractivity contribution in [1.29, 1.82) is 0 Å². The molecule has 0 saturated heterocycles. The molecule has 4 nitrogen and oxygen atoms in total. The van der Waals surface area contributed by atoms with Crippen molar-refractivity contribution >= 4 is 44.4 Å². The number of anilines is 1. The van der Waals surface area contributed by atoms with Gasteiger partial charge in [-0.05, 0) is 12.1 Å². The summed E-state index contributed by atoms with van der Waals surface area (Å²) in [4.78, 5) is 17.8. The average molecular weight is 275 g/mol. The molecule has 6 heteroatoms. The zero-order valence-electron chi connectivity index (χ0n) is 6.84. The molecule has 0 bridgehead atoms. The van der Waals surface area contributed by atoms with Crippen LogP contribution >= 0.6 is 27.5 Å². The molecule has 2 aromatic rings. The van der Waals surface area contributed by atoms with Crippen molar-refractivity contribution in [3.8, 4) is 0 Å². The number of nitrogen functional groups attached to an aromatic ring is 1. The van der Waals surface area contributed by atoms with Gasteiger partial charge in [-0.25, -0.2) is 4.98 Å². The summed E-state index contributed by atoms with van der Waals surface area (Å²) in [6, 6.07) is 3.32. The molecule has 0 amide bonds. The Labute approximate surface area is 92.2 Å². The van der Waals surface area contributed by atoms with E-state index in [1.165, 1.54) is 0 Å². The minimum Gasteiger partial charge on any atom is -0.369 e. The maximum atomic E-state index is 11.5. The highest BCUT2D eigenvalue weighted by Gasteiger charge is 2.07. The summed E-state index contributed by atoms with van der Waals surface area (Å²) in [5.41, 5.74) is 5.55. The van der Waals surface area contributed by atoms with E-state index in [0.717, 1.165) is 4.47 Å². The van der Waals surface area contributed by atoms with Crippen LogP contribution in [0, 0.1) is 0 Å². The Morgan fingerprint density at radius 3 is 2.93 bits per heavy atom. The number of aromatic nitrogens is 2. The van der Waals surface area contributed by atoms with Gasteiger partial charge in [-0.15, -0.1) is 0 Å². The second-order valence-electron chi connectivity index (χ2n) is 2.73. The first-order valence-corrected chi connectivity index (χ1v) is 4.89. The molecule has 0 aliphatic carbocycles. The number of rotatable bonds is 0. The molecule has 0 radical (unpaired) electrons. The third kappa shape index (κ3) is 1.49. The monoisotopic (exact) mass is 273 g/mol. The van der Waals surface area contributed by atoms with E-state index in [-0.39, 0.29) is 11.5 Å². The van der Waals surface area contributed by atoms with E-state index < -0.39 is 0 Å². The molecule has 0 spiro atoms. The second kappa shape index (κ2) is 3.25. The van der Waals surface area contributed by atoms with E-state index in [1.54, 1.807) is 12.1 Å². The smallest absolute Gasteiger partial charge is 0.261 e. The number of hydrogen-bond donors (Lipinski definition) is 2. The fraction of sp³-hybridized carbons (Fsp3) is 0. The van der Waals surface area contributed by atoms with E-state index in [0.29, 0.717) is 15.9 Å². The summed E-state index contributed by atoms with van der Waals surface area (Å²) in [6.45, 7) is 0. The van der Waals surface area contributed by atoms with E-state index in [9.17, 15) is 4.79 Å². The molecule has 0 fully saturated rings. The average Bonchev–Trinajstić information content (AvgIpc) is 1.99. The highest BCUT2D eigenvalue weighted by atomic mass is 79.9. The fourth-order valence-electron chi connectivity index (χ4n) is 1.21. The van der Waals surface area contributed by atoms with Crippen LogP contribution in [-0.2, 0) is 0 Å². The molecule has 0 atom stereocenters. The van der Waals surface area contributed by atoms with Crippen molar-refractivity contribution in [3.05, 3.63) is 32.0 Å². The van der Waals surface area contributed by atoms with E-state index in [2.05, 4.69) is 25.9 Å². The predicted octanol–water partition coefficient (Wildman–Crippen LogP) is 1.92. The van der Waals surface area contributed by atoms with Crippen molar-refractivity contribution in [2.45, 2.75) is 0 Å². The van der Waals surface area contributed by atoms with Crippen molar-refractivity contribution in [2.75, 3.05) is 5.73 Å². The molecule has 1 aromatic carbocycles. The van der Waals surface area contributed by atoms with Crippen molar-refractivity contribution in [1.82, 2.24) is 9.97 Å². The second-order valence-corrected chi connectivity index (χ2v) is 4.06. The van der Waals surface area contributed by atoms with Crippen LogP contribution in [0.4, 0.5) is 5.95 Å². The van der Waals surface area contributed by atoms with Crippen molar-refractivity contribution in [2.24, 2.45) is 0 Å². The number of benzene rings is 1. The first kappa shape index (κ1) is 9.48. The molecule has 3 N–H and O–H groups in total. The Balaban J connectivity index is 3.02. The van der Waals surface area contributed by atoms with Gasteiger partial charge in [-0.1, -0.05) is 27.5 Å². The Morgan fingerprint density at radius 2 is 2.21 bits per heavy atom. The van der Waals surface area contributed by atoms with Gasteiger partial charge >= 0.3 is 0 Å². The maximum absolute atomic E-state index is 11.5. The van der Waals surface area contributed by atoms with Gasteiger partial charge in [0.1, 0.15) is 0 Å². The topological polar surface area (TPSA) is 71.8 Å². The Kier molecular flexibility index (Phi) is 2.20. The lowest BCUT2D eigenvalue weighted by molar-refractivity contribution is 1.19. The van der Waals surface area contributed by atoms with E-state index in [1.807, 2.05) is 0 Å². The Hall–Kier alpha value is -1.07. The van der Waals surface area contributed by atoms with Crippen LogP contribution < -0.4 is 11.3 Å². The van der Waals surface area contributed by atoms with Gasteiger partial charge in [-0.3, -0.25) is 9.78 Å². The fourth-order valence-corrected chi connectivity index (χ4v) is 2.09. The van der Waals surface area contributed by atoms with Crippen molar-refractivity contribution < 1.29 is 0 Å². The van der Waals surface area contributed by atoms with Gasteiger partial charge in [0.2, 0.25) is 5.95 Å². The summed E-state index contributed by atoms with van der Waals surface area (Å²) in [5, 5.41) is 0.701. The number of H-pyrrole nitrogens is 1. The third-order valence-corrected chi connectivity index (χ3v) is 2.50. The normalized spacial score (nSPS) is 10.7. The van der Waals surface area contributed by atoms with Crippen LogP contribution in [0.15, 0.2) is 21.4 Å². The quantitative estimate of drug-likeness (QED) is 0.771. The van der Waals surface area contributed by atoms with Gasteiger partial charge in [0, 0.05) is 4.47 Å². The van der Waals surface area contributed by atoms with Crippen LogP contribution in [0.5, 0.6) is 0 Å². The van der Waals surface area contributed by atoms with Gasteiger partial charge in [0.25, 0.3) is 5.56 Å². The molecule has 0 aliphatic heterocycles. The lowest BCUT2D eigenvalue weighted by atomic mass is 10.2. The number of nitrogens with zero attached hydrogens (tertiary/aromatic N) is 1. The first-order valence-electron chi connectivity index (χ1n) is 3.72. The summed E-state index contributed by atoms with van der Waals surface area (Å²) in [6.07, 6.45) is 0. The Morgan fingerprint density at radius 1 is 1.50 bits per heavy atom. The van der Waals surface area contributed by atoms with Gasteiger partial charge < -0.3 is 5.73 Å². The van der Waals surface area contributed by atoms with E-state index in [4.69, 9.17) is 17.3 Å². The molecule has 1 aromatic heterocycles. The number of aromatic amines is 1. The molecule has 1 heterocycles. The standard InChI is InChI=1S/C8H5BrClN3O/c9-3-1-4(10)6-5(2-3)12-8(11)13-7(6)14/h1-2H,(H3,11,12,13,14). The van der Waals surface area contributed by atoms with E-state index >= 15 is 0 Å². The van der Waals surface area contributed by atoms with Gasteiger partial charge in [0.05, 0.1) is 15.9 Å². The number of nitrogens with one attached hydrogen (secondary N) is 1. The zero-order valence-corrected chi connectivity index (χ0v) is 9.19. The molecule has 0 aliphatic rings. The number of hydrogen-bond acceptors (Lipinski definition) is 3. The van der Waals surface area contributed by atoms with Crippen LogP contribution in [0.2, 0.25) is 5.02 Å². The molecule has 0 saturated carbocycles. The van der Waals surface area contributed by atoms with Gasteiger partial charge in [-0.2, -0.15) is 0 Å². The third-order valence-electron chi connectivity index (χ3n) is 1.74. The molecular weight excluding hydrogens is 269 g/mol. The lowest BCUT2D eigenvalue weighted by Gasteiger charge is -2.00. The van der Waals surface area contributed by atoms with Gasteiger partial charge in [0.15, 0.2) is 0 Å². The lowest BCUT2D eigenvalue weighted by Crippen LogP contribution is -2.11. The highest BCUT2D eigenvalue weighted by molar-refractivity contribution is 9.10. The molecule has 0 unspecified atom stereocenters. The van der Waals surface area contributed by atoms with Crippen LogP contribution in [-0.4, -0.2) is 9.97 Å². The highest BCUT2D eigenvalue weighted by Crippen LogP contribution is 2.24. The summed E-state index contributed by atoms with van der Waals surface area (Å²) in [5.74, 6) is 0.0802.